The molecule has 0 atom stereocenters. The van der Waals surface area contributed by atoms with Crippen LogP contribution in [0.1, 0.15) is 27.7 Å². The first-order chi connectivity index (χ1) is 19.8. The van der Waals surface area contributed by atoms with E-state index in [2.05, 4.69) is 131 Å². The third-order valence-corrected chi connectivity index (χ3v) is 8.48. The second kappa shape index (κ2) is 9.65. The molecule has 200 valence electrons. The van der Waals surface area contributed by atoms with Gasteiger partial charge in [-0.2, -0.15) is 0 Å². The summed E-state index contributed by atoms with van der Waals surface area (Å²) in [5.74, 6) is 0.670. The molecule has 0 N–H and O–H groups in total. The van der Waals surface area contributed by atoms with Gasteiger partial charge in [0.25, 0.3) is 0 Å². The Balaban J connectivity index is 1.49. The number of benzene rings is 5. The molecule has 41 heavy (non-hydrogen) atoms. The number of fused-ring (bicyclic) bond motifs is 3. The van der Waals surface area contributed by atoms with E-state index in [1.165, 1.54) is 0 Å². The van der Waals surface area contributed by atoms with Gasteiger partial charge in [0.05, 0.1) is 22.4 Å². The van der Waals surface area contributed by atoms with E-state index in [9.17, 15) is 0 Å². The Morgan fingerprint density at radius 1 is 0.537 bits per heavy atom. The maximum atomic E-state index is 6.49. The highest BCUT2D eigenvalue weighted by molar-refractivity contribution is 6.62. The predicted octanol–water partition coefficient (Wildman–Crippen LogP) is 8.08. The molecule has 0 aliphatic carbocycles. The summed E-state index contributed by atoms with van der Waals surface area (Å²) in [5, 5.41) is 3.29. The zero-order valence-corrected chi connectivity index (χ0v) is 23.8. The van der Waals surface area contributed by atoms with E-state index < -0.39 is 18.3 Å². The van der Waals surface area contributed by atoms with Crippen LogP contribution in [0.5, 0.6) is 0 Å². The molecule has 0 radical (unpaired) electrons. The van der Waals surface area contributed by atoms with Gasteiger partial charge in [-0.1, -0.05) is 103 Å². The summed E-state index contributed by atoms with van der Waals surface area (Å²) in [6.45, 7) is 8.33. The van der Waals surface area contributed by atoms with Crippen molar-refractivity contribution in [2.75, 3.05) is 0 Å². The number of hydrogen-bond acceptors (Lipinski definition) is 4. The maximum Gasteiger partial charge on any atom is 0.494 e. The molecule has 0 spiro atoms. The molecule has 0 bridgehead atoms. The van der Waals surface area contributed by atoms with E-state index in [4.69, 9.17) is 19.3 Å². The fraction of sp³-hybridized carbons (Fsp3) is 0.167. The second-order valence-electron chi connectivity index (χ2n) is 11.7. The lowest BCUT2D eigenvalue weighted by Gasteiger charge is -2.32. The van der Waals surface area contributed by atoms with Crippen molar-refractivity contribution in [2.45, 2.75) is 38.9 Å². The van der Waals surface area contributed by atoms with Crippen LogP contribution in [-0.4, -0.2) is 28.3 Å². The quantitative estimate of drug-likeness (QED) is 0.169. The average Bonchev–Trinajstić information content (AvgIpc) is 3.23. The van der Waals surface area contributed by atoms with Crippen molar-refractivity contribution >= 4 is 34.3 Å². The van der Waals surface area contributed by atoms with Gasteiger partial charge in [0.2, 0.25) is 0 Å². The van der Waals surface area contributed by atoms with Gasteiger partial charge < -0.3 is 9.31 Å². The second-order valence-corrected chi connectivity index (χ2v) is 11.7. The summed E-state index contributed by atoms with van der Waals surface area (Å²) in [7, 11) is -0.503. The van der Waals surface area contributed by atoms with Crippen LogP contribution in [-0.2, 0) is 9.31 Å². The molecule has 0 saturated carbocycles. The molecule has 5 heteroatoms. The van der Waals surface area contributed by atoms with Crippen LogP contribution in [0.2, 0.25) is 0 Å². The van der Waals surface area contributed by atoms with E-state index in [0.29, 0.717) is 5.82 Å². The third kappa shape index (κ3) is 4.52. The van der Waals surface area contributed by atoms with Crippen molar-refractivity contribution < 1.29 is 9.31 Å². The van der Waals surface area contributed by atoms with E-state index in [-0.39, 0.29) is 0 Å². The monoisotopic (exact) mass is 534 g/mol. The highest BCUT2D eigenvalue weighted by atomic mass is 16.7. The van der Waals surface area contributed by atoms with Crippen LogP contribution < -0.4 is 5.46 Å². The molecule has 0 amide bonds. The SMILES string of the molecule is CC1(C)OB(c2cc(-c3ccccc3)cc(-c3nc(-c4ccccc4)c4ccc5ccccc5c4n3)c2)OC1(C)C. The molecule has 1 fully saturated rings. The van der Waals surface area contributed by atoms with Crippen molar-refractivity contribution in [3.8, 4) is 33.8 Å². The molecule has 5 aromatic carbocycles. The van der Waals surface area contributed by atoms with Crippen LogP contribution in [0, 0.1) is 0 Å². The van der Waals surface area contributed by atoms with Gasteiger partial charge in [-0.15, -0.1) is 0 Å². The topological polar surface area (TPSA) is 44.2 Å². The van der Waals surface area contributed by atoms with Crippen molar-refractivity contribution in [1.82, 2.24) is 9.97 Å². The van der Waals surface area contributed by atoms with Crippen LogP contribution in [0.15, 0.2) is 115 Å². The Bertz CT molecular complexity index is 1890. The van der Waals surface area contributed by atoms with E-state index in [1.54, 1.807) is 0 Å². The van der Waals surface area contributed by atoms with Crippen LogP contribution in [0.3, 0.4) is 0 Å². The Hall–Kier alpha value is -4.32. The highest BCUT2D eigenvalue weighted by Gasteiger charge is 2.51. The van der Waals surface area contributed by atoms with Crippen molar-refractivity contribution in [2.24, 2.45) is 0 Å². The first-order valence-corrected chi connectivity index (χ1v) is 14.1. The predicted molar refractivity (Wildman–Crippen MR) is 169 cm³/mol. The van der Waals surface area contributed by atoms with E-state index >= 15 is 0 Å². The van der Waals surface area contributed by atoms with Crippen LogP contribution >= 0.6 is 0 Å². The summed E-state index contributed by atoms with van der Waals surface area (Å²) >= 11 is 0. The molecular weight excluding hydrogens is 503 g/mol. The standard InChI is InChI=1S/C36H31BN2O2/c1-35(2)36(3,4)41-37(40-35)29-22-27(24-13-7-5-8-14-24)21-28(23-29)34-38-32(26-16-9-6-10-17-26)31-20-19-25-15-11-12-18-30(25)33(31)39-34/h5-23H,1-4H3. The molecule has 1 aromatic heterocycles. The minimum Gasteiger partial charge on any atom is -0.399 e. The Kier molecular flexibility index (Phi) is 6.04. The molecule has 1 saturated heterocycles. The van der Waals surface area contributed by atoms with Crippen LogP contribution in [0.25, 0.3) is 55.4 Å². The minimum atomic E-state index is -0.503. The zero-order valence-electron chi connectivity index (χ0n) is 23.8. The average molecular weight is 534 g/mol. The van der Waals surface area contributed by atoms with Gasteiger partial charge in [0, 0.05) is 21.9 Å². The Morgan fingerprint density at radius 3 is 1.85 bits per heavy atom. The van der Waals surface area contributed by atoms with Gasteiger partial charge in [0.1, 0.15) is 0 Å². The lowest BCUT2D eigenvalue weighted by molar-refractivity contribution is 0.00578. The number of nitrogens with zero attached hydrogens (tertiary/aromatic N) is 2. The van der Waals surface area contributed by atoms with Gasteiger partial charge in [-0.3, -0.25) is 0 Å². The molecule has 0 unspecified atom stereocenters. The van der Waals surface area contributed by atoms with Gasteiger partial charge in [-0.25, -0.2) is 9.97 Å². The number of hydrogen-bond donors (Lipinski definition) is 0. The number of rotatable bonds is 4. The third-order valence-electron chi connectivity index (χ3n) is 8.48. The lowest BCUT2D eigenvalue weighted by Crippen LogP contribution is -2.41. The van der Waals surface area contributed by atoms with E-state index in [0.717, 1.165) is 55.1 Å². The van der Waals surface area contributed by atoms with Crippen molar-refractivity contribution in [3.63, 3.8) is 0 Å². The fourth-order valence-electron chi connectivity index (χ4n) is 5.50. The molecule has 4 nitrogen and oxygen atoms in total. The van der Waals surface area contributed by atoms with Gasteiger partial charge >= 0.3 is 7.12 Å². The van der Waals surface area contributed by atoms with E-state index in [1.807, 2.05) is 12.1 Å². The maximum absolute atomic E-state index is 6.49. The summed E-state index contributed by atoms with van der Waals surface area (Å²) in [6, 6.07) is 39.9. The lowest BCUT2D eigenvalue weighted by atomic mass is 9.77. The van der Waals surface area contributed by atoms with Crippen molar-refractivity contribution in [1.29, 1.82) is 0 Å². The molecule has 1 aliphatic rings. The Labute approximate surface area is 241 Å². The molecular formula is C36H31BN2O2. The summed E-state index contributed by atoms with van der Waals surface area (Å²) in [4.78, 5) is 10.4. The van der Waals surface area contributed by atoms with Gasteiger partial charge in [0.15, 0.2) is 5.82 Å². The molecule has 6 aromatic rings. The van der Waals surface area contributed by atoms with Crippen LogP contribution in [0.4, 0.5) is 0 Å². The van der Waals surface area contributed by atoms with Gasteiger partial charge in [-0.05, 0) is 61.8 Å². The molecule has 1 aliphatic heterocycles. The summed E-state index contributed by atoms with van der Waals surface area (Å²) < 4.78 is 13.0. The first-order valence-electron chi connectivity index (χ1n) is 14.1. The van der Waals surface area contributed by atoms with Crippen molar-refractivity contribution in [3.05, 3.63) is 115 Å². The summed E-state index contributed by atoms with van der Waals surface area (Å²) in [6.07, 6.45) is 0. The Morgan fingerprint density at radius 2 is 1.15 bits per heavy atom. The minimum absolute atomic E-state index is 0.445. The molecule has 7 rings (SSSR count). The highest BCUT2D eigenvalue weighted by Crippen LogP contribution is 2.38. The first kappa shape index (κ1) is 25.6. The summed E-state index contributed by atoms with van der Waals surface area (Å²) in [5.41, 5.74) is 6.07. The smallest absolute Gasteiger partial charge is 0.399 e. The number of aromatic nitrogens is 2. The zero-order chi connectivity index (χ0) is 28.2. The largest absolute Gasteiger partial charge is 0.494 e. The normalized spacial score (nSPS) is 16.0. The fourth-order valence-corrected chi connectivity index (χ4v) is 5.50. The molecule has 2 heterocycles.